The molecule has 1 aromatic carbocycles. The molecule has 1 heterocycles. The fraction of sp³-hybridized carbons (Fsp3) is 0.400. The molecule has 9 heteroatoms. The van der Waals surface area contributed by atoms with Crippen molar-refractivity contribution in [2.75, 3.05) is 23.4 Å². The van der Waals surface area contributed by atoms with E-state index in [-0.39, 0.29) is 23.0 Å². The molecule has 1 fully saturated rings. The number of amides is 2. The molecule has 1 aromatic rings. The molecule has 1 saturated heterocycles. The van der Waals surface area contributed by atoms with Crippen LogP contribution in [0.3, 0.4) is 0 Å². The fourth-order valence-corrected chi connectivity index (χ4v) is 3.96. The van der Waals surface area contributed by atoms with Gasteiger partial charge >= 0.3 is 5.97 Å². The zero-order valence-electron chi connectivity index (χ0n) is 13.1. The first-order chi connectivity index (χ1) is 11.2. The highest BCUT2D eigenvalue weighted by Gasteiger charge is 2.29. The van der Waals surface area contributed by atoms with Crippen LogP contribution < -0.4 is 10.6 Å². The van der Waals surface area contributed by atoms with E-state index in [0.717, 1.165) is 0 Å². The largest absolute Gasteiger partial charge is 0.452 e. The van der Waals surface area contributed by atoms with Crippen LogP contribution in [0.2, 0.25) is 0 Å². The predicted octanol–water partition coefficient (Wildman–Crippen LogP) is 0.105. The Bertz CT molecular complexity index is 742. The van der Waals surface area contributed by atoms with Gasteiger partial charge in [0.25, 0.3) is 5.91 Å². The molecule has 0 bridgehead atoms. The maximum Gasteiger partial charge on any atom is 0.338 e. The highest BCUT2D eigenvalue weighted by atomic mass is 32.2. The van der Waals surface area contributed by atoms with Crippen molar-refractivity contribution in [3.8, 4) is 0 Å². The summed E-state index contributed by atoms with van der Waals surface area (Å²) in [7, 11) is -3.08. The standard InChI is InChI=1S/C15H18N2O6S/c1-10(18)16-12-4-2-11(3-5-12)15(20)23-8-14(19)17-13-6-7-24(21,22)9-13/h2-5,13H,6-9H2,1H3,(H,16,18)(H,17,19)/t13-/m1/s1. The van der Waals surface area contributed by atoms with Crippen molar-refractivity contribution < 1.29 is 27.5 Å². The molecule has 0 saturated carbocycles. The number of sulfone groups is 1. The normalized spacial score (nSPS) is 18.6. The van der Waals surface area contributed by atoms with Crippen LogP contribution in [-0.4, -0.2) is 50.4 Å². The lowest BCUT2D eigenvalue weighted by Gasteiger charge is -2.11. The van der Waals surface area contributed by atoms with E-state index in [2.05, 4.69) is 10.6 Å². The summed E-state index contributed by atoms with van der Waals surface area (Å²) in [5.74, 6) is -1.48. The van der Waals surface area contributed by atoms with E-state index in [1.54, 1.807) is 12.1 Å². The lowest BCUT2D eigenvalue weighted by Crippen LogP contribution is -2.38. The minimum Gasteiger partial charge on any atom is -0.452 e. The van der Waals surface area contributed by atoms with Gasteiger partial charge in [-0.05, 0) is 30.7 Å². The average molecular weight is 354 g/mol. The van der Waals surface area contributed by atoms with Crippen molar-refractivity contribution >= 4 is 33.3 Å². The van der Waals surface area contributed by atoms with Crippen LogP contribution >= 0.6 is 0 Å². The van der Waals surface area contributed by atoms with Crippen LogP contribution in [0, 0.1) is 0 Å². The van der Waals surface area contributed by atoms with Gasteiger partial charge < -0.3 is 15.4 Å². The summed E-state index contributed by atoms with van der Waals surface area (Å²) in [6.45, 7) is 0.888. The van der Waals surface area contributed by atoms with E-state index in [9.17, 15) is 22.8 Å². The number of benzene rings is 1. The maximum absolute atomic E-state index is 11.8. The van der Waals surface area contributed by atoms with E-state index in [0.29, 0.717) is 12.1 Å². The molecule has 2 rings (SSSR count). The molecule has 0 unspecified atom stereocenters. The van der Waals surface area contributed by atoms with Crippen molar-refractivity contribution in [2.45, 2.75) is 19.4 Å². The Hall–Kier alpha value is -2.42. The summed E-state index contributed by atoms with van der Waals surface area (Å²) in [4.78, 5) is 34.4. The zero-order chi connectivity index (χ0) is 17.7. The second-order valence-electron chi connectivity index (χ2n) is 5.50. The number of hydrogen-bond donors (Lipinski definition) is 2. The third-order valence-electron chi connectivity index (χ3n) is 3.37. The molecule has 0 aliphatic carbocycles. The van der Waals surface area contributed by atoms with Gasteiger partial charge in [-0.2, -0.15) is 0 Å². The quantitative estimate of drug-likeness (QED) is 0.724. The molecule has 0 aromatic heterocycles. The molecule has 1 atom stereocenters. The van der Waals surface area contributed by atoms with Gasteiger partial charge in [0, 0.05) is 18.7 Å². The molecule has 0 radical (unpaired) electrons. The smallest absolute Gasteiger partial charge is 0.338 e. The first-order valence-electron chi connectivity index (χ1n) is 7.30. The Morgan fingerprint density at radius 3 is 2.42 bits per heavy atom. The lowest BCUT2D eigenvalue weighted by atomic mass is 10.2. The third kappa shape index (κ3) is 5.34. The highest BCUT2D eigenvalue weighted by molar-refractivity contribution is 7.91. The topological polar surface area (TPSA) is 119 Å². The van der Waals surface area contributed by atoms with E-state index in [1.807, 2.05) is 0 Å². The number of anilines is 1. The Kier molecular flexibility index (Phi) is 5.55. The van der Waals surface area contributed by atoms with Crippen LogP contribution in [0.25, 0.3) is 0 Å². The van der Waals surface area contributed by atoms with Crippen LogP contribution in [0.1, 0.15) is 23.7 Å². The molecule has 1 aliphatic heterocycles. The number of hydrogen-bond acceptors (Lipinski definition) is 6. The number of carbonyl (C=O) groups is 3. The minimum atomic E-state index is -3.08. The second kappa shape index (κ2) is 7.43. The number of carbonyl (C=O) groups excluding carboxylic acids is 3. The molecular weight excluding hydrogens is 336 g/mol. The van der Waals surface area contributed by atoms with Crippen LogP contribution in [0.15, 0.2) is 24.3 Å². The average Bonchev–Trinajstić information content (AvgIpc) is 2.83. The van der Waals surface area contributed by atoms with E-state index >= 15 is 0 Å². The highest BCUT2D eigenvalue weighted by Crippen LogP contribution is 2.12. The summed E-state index contributed by atoms with van der Waals surface area (Å²) in [6.07, 6.45) is 0.368. The molecule has 130 valence electrons. The minimum absolute atomic E-state index is 0.0539. The van der Waals surface area contributed by atoms with Crippen LogP contribution in [-0.2, 0) is 24.2 Å². The Balaban J connectivity index is 1.80. The first kappa shape index (κ1) is 17.9. The van der Waals surface area contributed by atoms with Gasteiger partial charge in [-0.3, -0.25) is 9.59 Å². The molecular formula is C15H18N2O6S. The van der Waals surface area contributed by atoms with Gasteiger partial charge in [-0.25, -0.2) is 13.2 Å². The van der Waals surface area contributed by atoms with Gasteiger partial charge in [-0.1, -0.05) is 0 Å². The first-order valence-corrected chi connectivity index (χ1v) is 9.12. The van der Waals surface area contributed by atoms with E-state index < -0.39 is 34.4 Å². The van der Waals surface area contributed by atoms with Gasteiger partial charge in [-0.15, -0.1) is 0 Å². The molecule has 8 nitrogen and oxygen atoms in total. The molecule has 1 aliphatic rings. The summed E-state index contributed by atoms with van der Waals surface area (Å²) in [5, 5.41) is 5.09. The van der Waals surface area contributed by atoms with Gasteiger partial charge in [0.1, 0.15) is 0 Å². The summed E-state index contributed by atoms with van der Waals surface area (Å²) in [5.41, 5.74) is 0.777. The third-order valence-corrected chi connectivity index (χ3v) is 5.14. The van der Waals surface area contributed by atoms with Crippen molar-refractivity contribution in [3.05, 3.63) is 29.8 Å². The van der Waals surface area contributed by atoms with Crippen molar-refractivity contribution in [2.24, 2.45) is 0 Å². The van der Waals surface area contributed by atoms with Crippen LogP contribution in [0.5, 0.6) is 0 Å². The SMILES string of the molecule is CC(=O)Nc1ccc(C(=O)OCC(=O)N[C@@H]2CCS(=O)(=O)C2)cc1. The summed E-state index contributed by atoms with van der Waals surface area (Å²) in [6, 6.07) is 5.59. The summed E-state index contributed by atoms with van der Waals surface area (Å²) < 4.78 is 27.5. The molecule has 2 N–H and O–H groups in total. The fourth-order valence-electron chi connectivity index (χ4n) is 2.29. The Labute approximate surface area is 139 Å². The Morgan fingerprint density at radius 1 is 1.21 bits per heavy atom. The lowest BCUT2D eigenvalue weighted by molar-refractivity contribution is -0.124. The van der Waals surface area contributed by atoms with Crippen molar-refractivity contribution in [1.82, 2.24) is 5.32 Å². The Morgan fingerprint density at radius 2 is 1.88 bits per heavy atom. The second-order valence-corrected chi connectivity index (χ2v) is 7.73. The number of rotatable bonds is 5. The van der Waals surface area contributed by atoms with Crippen LogP contribution in [0.4, 0.5) is 5.69 Å². The predicted molar refractivity (Wildman–Crippen MR) is 86.2 cm³/mol. The monoisotopic (exact) mass is 354 g/mol. The van der Waals surface area contributed by atoms with Crippen molar-refractivity contribution in [3.63, 3.8) is 0 Å². The number of ether oxygens (including phenoxy) is 1. The van der Waals surface area contributed by atoms with Crippen molar-refractivity contribution in [1.29, 1.82) is 0 Å². The van der Waals surface area contributed by atoms with Gasteiger partial charge in [0.05, 0.1) is 17.1 Å². The zero-order valence-corrected chi connectivity index (χ0v) is 13.9. The summed E-state index contributed by atoms with van der Waals surface area (Å²) >= 11 is 0. The van der Waals surface area contributed by atoms with Gasteiger partial charge in [0.2, 0.25) is 5.91 Å². The molecule has 0 spiro atoms. The van der Waals surface area contributed by atoms with Gasteiger partial charge in [0.15, 0.2) is 16.4 Å². The van der Waals surface area contributed by atoms with E-state index in [1.165, 1.54) is 19.1 Å². The molecule has 2 amide bonds. The maximum atomic E-state index is 11.8. The molecule has 24 heavy (non-hydrogen) atoms. The number of esters is 1. The number of nitrogens with one attached hydrogen (secondary N) is 2. The van der Waals surface area contributed by atoms with E-state index in [4.69, 9.17) is 4.74 Å².